The number of aryl methyl sites for hydroxylation is 1. The molecule has 0 amide bonds. The largest absolute Gasteiger partial charge is 0.492 e. The highest BCUT2D eigenvalue weighted by Gasteiger charge is 2.09. The summed E-state index contributed by atoms with van der Waals surface area (Å²) in [4.78, 5) is 20.6. The third-order valence-electron chi connectivity index (χ3n) is 3.61. The molecule has 0 saturated carbocycles. The lowest BCUT2D eigenvalue weighted by molar-refractivity contribution is -0.159. The fourth-order valence-electron chi connectivity index (χ4n) is 2.10. The first kappa shape index (κ1) is 18.9. The molecule has 1 aliphatic rings. The normalized spacial score (nSPS) is 14.5. The van der Waals surface area contributed by atoms with Crippen molar-refractivity contribution in [1.82, 2.24) is 10.2 Å². The van der Waals surface area contributed by atoms with Crippen LogP contribution in [0.2, 0.25) is 0 Å². The number of rotatable bonds is 4. The maximum absolute atomic E-state index is 9.10. The molecule has 7 nitrogen and oxygen atoms in total. The average Bonchev–Trinajstić information content (AvgIpc) is 2.53. The van der Waals surface area contributed by atoms with Crippen molar-refractivity contribution in [3.63, 3.8) is 0 Å². The molecule has 23 heavy (non-hydrogen) atoms. The Bertz CT molecular complexity index is 515. The number of nitrogens with one attached hydrogen (secondary N) is 1. The van der Waals surface area contributed by atoms with E-state index in [0.717, 1.165) is 45.1 Å². The van der Waals surface area contributed by atoms with Crippen LogP contribution in [0.5, 0.6) is 5.75 Å². The van der Waals surface area contributed by atoms with Gasteiger partial charge in [0.15, 0.2) is 0 Å². The summed E-state index contributed by atoms with van der Waals surface area (Å²) in [7, 11) is 0. The Morgan fingerprint density at radius 3 is 2.35 bits per heavy atom. The van der Waals surface area contributed by atoms with Gasteiger partial charge in [-0.1, -0.05) is 12.1 Å². The topological polar surface area (TPSA) is 99.1 Å². The van der Waals surface area contributed by atoms with Crippen molar-refractivity contribution in [2.45, 2.75) is 13.8 Å². The molecule has 1 aliphatic heterocycles. The summed E-state index contributed by atoms with van der Waals surface area (Å²) >= 11 is 0. The minimum Gasteiger partial charge on any atom is -0.492 e. The maximum Gasteiger partial charge on any atom is 0.414 e. The molecule has 0 aliphatic carbocycles. The third-order valence-corrected chi connectivity index (χ3v) is 3.61. The monoisotopic (exact) mass is 324 g/mol. The van der Waals surface area contributed by atoms with Crippen LogP contribution in [0.25, 0.3) is 0 Å². The van der Waals surface area contributed by atoms with E-state index in [0.29, 0.717) is 0 Å². The van der Waals surface area contributed by atoms with Crippen LogP contribution < -0.4 is 10.1 Å². The van der Waals surface area contributed by atoms with Gasteiger partial charge in [0, 0.05) is 32.7 Å². The summed E-state index contributed by atoms with van der Waals surface area (Å²) < 4.78 is 5.86. The predicted molar refractivity (Wildman–Crippen MR) is 86.0 cm³/mol. The second kappa shape index (κ2) is 9.81. The van der Waals surface area contributed by atoms with E-state index >= 15 is 0 Å². The smallest absolute Gasteiger partial charge is 0.414 e. The van der Waals surface area contributed by atoms with Crippen LogP contribution in [0.1, 0.15) is 11.1 Å². The van der Waals surface area contributed by atoms with Crippen LogP contribution >= 0.6 is 0 Å². The number of benzene rings is 1. The molecular weight excluding hydrogens is 300 g/mol. The number of aliphatic carboxylic acids is 2. The van der Waals surface area contributed by atoms with E-state index in [-0.39, 0.29) is 0 Å². The lowest BCUT2D eigenvalue weighted by Crippen LogP contribution is -2.44. The lowest BCUT2D eigenvalue weighted by Gasteiger charge is -2.27. The van der Waals surface area contributed by atoms with Crippen LogP contribution in [0, 0.1) is 13.8 Å². The van der Waals surface area contributed by atoms with Crippen molar-refractivity contribution >= 4 is 11.9 Å². The van der Waals surface area contributed by atoms with Crippen LogP contribution in [0.15, 0.2) is 18.2 Å². The Hall–Kier alpha value is -2.12. The number of ether oxygens (including phenoxy) is 1. The van der Waals surface area contributed by atoms with E-state index in [1.807, 2.05) is 0 Å². The molecule has 1 heterocycles. The highest BCUT2D eigenvalue weighted by Crippen LogP contribution is 2.20. The van der Waals surface area contributed by atoms with Crippen molar-refractivity contribution < 1.29 is 24.5 Å². The molecular formula is C16H24N2O5. The molecule has 2 rings (SSSR count). The zero-order chi connectivity index (χ0) is 17.2. The number of carbonyl (C=O) groups is 2. The molecule has 0 unspecified atom stereocenters. The van der Waals surface area contributed by atoms with E-state index in [1.165, 1.54) is 11.1 Å². The summed E-state index contributed by atoms with van der Waals surface area (Å²) in [6.07, 6.45) is 0. The summed E-state index contributed by atoms with van der Waals surface area (Å²) in [5, 5.41) is 18.1. The SMILES string of the molecule is Cc1cccc(OCCN2CCNCC2)c1C.O=C(O)C(=O)O. The van der Waals surface area contributed by atoms with Gasteiger partial charge in [-0.25, -0.2) is 9.59 Å². The Kier molecular flexibility index (Phi) is 8.07. The van der Waals surface area contributed by atoms with Gasteiger partial charge in [-0.15, -0.1) is 0 Å². The minimum atomic E-state index is -1.82. The zero-order valence-electron chi connectivity index (χ0n) is 13.5. The van der Waals surface area contributed by atoms with Gasteiger partial charge in [0.25, 0.3) is 0 Å². The maximum atomic E-state index is 9.10. The minimum absolute atomic E-state index is 0.782. The van der Waals surface area contributed by atoms with E-state index < -0.39 is 11.9 Å². The van der Waals surface area contributed by atoms with Crippen LogP contribution in [-0.2, 0) is 9.59 Å². The molecule has 0 bridgehead atoms. The Morgan fingerprint density at radius 1 is 1.17 bits per heavy atom. The van der Waals surface area contributed by atoms with Gasteiger partial charge in [-0.05, 0) is 31.0 Å². The van der Waals surface area contributed by atoms with Crippen LogP contribution in [-0.4, -0.2) is 66.4 Å². The second-order valence-electron chi connectivity index (χ2n) is 5.25. The van der Waals surface area contributed by atoms with Gasteiger partial charge in [-0.2, -0.15) is 0 Å². The number of carboxylic acid groups (broad SMARTS) is 2. The van der Waals surface area contributed by atoms with E-state index in [2.05, 4.69) is 42.3 Å². The average molecular weight is 324 g/mol. The molecule has 1 aromatic carbocycles. The number of hydrogen-bond acceptors (Lipinski definition) is 5. The zero-order valence-corrected chi connectivity index (χ0v) is 13.5. The van der Waals surface area contributed by atoms with E-state index in [4.69, 9.17) is 24.5 Å². The summed E-state index contributed by atoms with van der Waals surface area (Å²) in [6, 6.07) is 6.24. The lowest BCUT2D eigenvalue weighted by atomic mass is 10.1. The van der Waals surface area contributed by atoms with Gasteiger partial charge in [0.2, 0.25) is 0 Å². The van der Waals surface area contributed by atoms with Crippen LogP contribution in [0.4, 0.5) is 0 Å². The molecule has 3 N–H and O–H groups in total. The van der Waals surface area contributed by atoms with Gasteiger partial charge >= 0.3 is 11.9 Å². The summed E-state index contributed by atoms with van der Waals surface area (Å²) in [5.41, 5.74) is 2.55. The number of piperazine rings is 1. The summed E-state index contributed by atoms with van der Waals surface area (Å²) in [5.74, 6) is -2.62. The highest BCUT2D eigenvalue weighted by atomic mass is 16.5. The van der Waals surface area contributed by atoms with Gasteiger partial charge in [0.05, 0.1) is 0 Å². The van der Waals surface area contributed by atoms with Crippen molar-refractivity contribution in [3.05, 3.63) is 29.3 Å². The number of carboxylic acids is 2. The van der Waals surface area contributed by atoms with Crippen molar-refractivity contribution in [3.8, 4) is 5.75 Å². The fraction of sp³-hybridized carbons (Fsp3) is 0.500. The quantitative estimate of drug-likeness (QED) is 0.703. The summed E-state index contributed by atoms with van der Waals surface area (Å²) in [6.45, 7) is 10.5. The molecule has 1 fully saturated rings. The standard InChI is InChI=1S/C14H22N2O.C2H2O4/c1-12-4-3-5-14(13(12)2)17-11-10-16-8-6-15-7-9-16;3-1(4)2(5)6/h3-5,15H,6-11H2,1-2H3;(H,3,4)(H,5,6). The van der Waals surface area contributed by atoms with E-state index in [1.54, 1.807) is 0 Å². The van der Waals surface area contributed by atoms with Gasteiger partial charge < -0.3 is 20.3 Å². The molecule has 7 heteroatoms. The number of hydrogen-bond donors (Lipinski definition) is 3. The van der Waals surface area contributed by atoms with Crippen molar-refractivity contribution in [2.75, 3.05) is 39.3 Å². The first-order valence-electron chi connectivity index (χ1n) is 7.50. The van der Waals surface area contributed by atoms with Crippen LogP contribution in [0.3, 0.4) is 0 Å². The molecule has 128 valence electrons. The fourth-order valence-corrected chi connectivity index (χ4v) is 2.10. The second-order valence-corrected chi connectivity index (χ2v) is 5.25. The predicted octanol–water partition coefficient (Wildman–Crippen LogP) is 0.743. The Labute approximate surface area is 135 Å². The van der Waals surface area contributed by atoms with Crippen molar-refractivity contribution in [1.29, 1.82) is 0 Å². The molecule has 0 aromatic heterocycles. The molecule has 0 atom stereocenters. The highest BCUT2D eigenvalue weighted by molar-refractivity contribution is 6.27. The number of nitrogens with zero attached hydrogens (tertiary/aromatic N) is 1. The Balaban J connectivity index is 0.000000379. The van der Waals surface area contributed by atoms with Crippen molar-refractivity contribution in [2.24, 2.45) is 0 Å². The molecule has 0 radical (unpaired) electrons. The van der Waals surface area contributed by atoms with Gasteiger partial charge in [0.1, 0.15) is 12.4 Å². The Morgan fingerprint density at radius 2 is 1.78 bits per heavy atom. The third kappa shape index (κ3) is 7.12. The molecule has 1 saturated heterocycles. The molecule has 1 aromatic rings. The molecule has 0 spiro atoms. The first-order valence-corrected chi connectivity index (χ1v) is 7.50. The van der Waals surface area contributed by atoms with E-state index in [9.17, 15) is 0 Å². The first-order chi connectivity index (χ1) is 10.9. The van der Waals surface area contributed by atoms with Gasteiger partial charge in [-0.3, -0.25) is 4.90 Å².